The van der Waals surface area contributed by atoms with Crippen LogP contribution in [-0.2, 0) is 10.0 Å². The van der Waals surface area contributed by atoms with E-state index < -0.39 is 16.7 Å². The summed E-state index contributed by atoms with van der Waals surface area (Å²) in [5.41, 5.74) is 0.443. The summed E-state index contributed by atoms with van der Waals surface area (Å²) in [6.07, 6.45) is 1.78. The predicted octanol–water partition coefficient (Wildman–Crippen LogP) is 1.51. The molecule has 0 aromatic heterocycles. The van der Waals surface area contributed by atoms with Crippen LogP contribution in [0.25, 0.3) is 0 Å². The van der Waals surface area contributed by atoms with Crippen LogP contribution in [0.15, 0.2) is 29.2 Å². The predicted molar refractivity (Wildman–Crippen MR) is 64.3 cm³/mol. The number of rotatable bonds is 6. The third-order valence-electron chi connectivity index (χ3n) is 2.49. The summed E-state index contributed by atoms with van der Waals surface area (Å²) in [5.74, 6) is 0. The summed E-state index contributed by atoms with van der Waals surface area (Å²) >= 11 is 0. The van der Waals surface area contributed by atoms with Crippen LogP contribution in [0.3, 0.4) is 0 Å². The van der Waals surface area contributed by atoms with Gasteiger partial charge >= 0.3 is 0 Å². The van der Waals surface area contributed by atoms with E-state index in [1.807, 2.05) is 0 Å². The van der Waals surface area contributed by atoms with Crippen molar-refractivity contribution in [3.8, 4) is 0 Å². The Labute approximate surface area is 100 Å². The molecule has 1 aromatic carbocycles. The first-order valence-corrected chi connectivity index (χ1v) is 7.03. The highest BCUT2D eigenvalue weighted by atomic mass is 32.2. The number of hydrogen-bond acceptors (Lipinski definition) is 3. The topological polar surface area (TPSA) is 58.2 Å². The van der Waals surface area contributed by atoms with Crippen molar-refractivity contribution in [3.05, 3.63) is 24.3 Å². The molecule has 0 bridgehead atoms. The van der Waals surface area contributed by atoms with Gasteiger partial charge in [0, 0.05) is 12.6 Å². The summed E-state index contributed by atoms with van der Waals surface area (Å²) < 4.78 is 38.7. The Morgan fingerprint density at radius 3 is 2.65 bits per heavy atom. The Balaban J connectivity index is 2.23. The zero-order valence-corrected chi connectivity index (χ0v) is 10.1. The summed E-state index contributed by atoms with van der Waals surface area (Å²) in [4.78, 5) is 0.181. The fourth-order valence-corrected chi connectivity index (χ4v) is 3.00. The second-order valence-corrected chi connectivity index (χ2v) is 5.69. The molecule has 2 rings (SSSR count). The zero-order chi connectivity index (χ0) is 12.3. The highest BCUT2D eigenvalue weighted by molar-refractivity contribution is 7.89. The van der Waals surface area contributed by atoms with Crippen molar-refractivity contribution in [2.45, 2.75) is 23.8 Å². The maximum Gasteiger partial charge on any atom is 0.242 e. The molecule has 94 valence electrons. The molecule has 1 fully saturated rings. The third kappa shape index (κ3) is 3.17. The highest BCUT2D eigenvalue weighted by Crippen LogP contribution is 2.25. The molecule has 1 saturated carbocycles. The van der Waals surface area contributed by atoms with Gasteiger partial charge in [-0.05, 0) is 25.0 Å². The van der Waals surface area contributed by atoms with Crippen molar-refractivity contribution in [3.63, 3.8) is 0 Å². The minimum Gasteiger partial charge on any atom is -0.381 e. The van der Waals surface area contributed by atoms with Crippen molar-refractivity contribution >= 4 is 15.7 Å². The number of benzene rings is 1. The number of para-hydroxylation sites is 1. The van der Waals surface area contributed by atoms with Crippen LogP contribution in [0.1, 0.15) is 12.8 Å². The van der Waals surface area contributed by atoms with E-state index in [0.29, 0.717) is 5.69 Å². The van der Waals surface area contributed by atoms with E-state index in [1.165, 1.54) is 6.07 Å². The largest absolute Gasteiger partial charge is 0.381 e. The van der Waals surface area contributed by atoms with Crippen LogP contribution in [0.5, 0.6) is 0 Å². The van der Waals surface area contributed by atoms with Crippen molar-refractivity contribution < 1.29 is 12.8 Å². The van der Waals surface area contributed by atoms with Gasteiger partial charge in [-0.2, -0.15) is 0 Å². The Morgan fingerprint density at radius 1 is 1.29 bits per heavy atom. The Morgan fingerprint density at radius 2 is 2.00 bits per heavy atom. The molecule has 1 aromatic rings. The minimum absolute atomic E-state index is 0.0641. The van der Waals surface area contributed by atoms with Gasteiger partial charge in [0.2, 0.25) is 10.0 Å². The lowest BCUT2D eigenvalue weighted by molar-refractivity contribution is 0.512. The molecule has 1 aliphatic rings. The number of alkyl halides is 1. The third-order valence-corrected chi connectivity index (χ3v) is 4.06. The normalized spacial score (nSPS) is 15.8. The average molecular weight is 258 g/mol. The molecule has 2 N–H and O–H groups in total. The smallest absolute Gasteiger partial charge is 0.242 e. The van der Waals surface area contributed by atoms with Gasteiger partial charge in [-0.1, -0.05) is 12.1 Å². The molecule has 4 nitrogen and oxygen atoms in total. The maximum atomic E-state index is 12.1. The van der Waals surface area contributed by atoms with E-state index in [0.717, 1.165) is 12.8 Å². The van der Waals surface area contributed by atoms with E-state index in [1.54, 1.807) is 18.2 Å². The van der Waals surface area contributed by atoms with Crippen LogP contribution < -0.4 is 10.0 Å². The molecule has 0 aliphatic heterocycles. The van der Waals surface area contributed by atoms with Crippen molar-refractivity contribution in [2.24, 2.45) is 0 Å². The minimum atomic E-state index is -3.49. The van der Waals surface area contributed by atoms with Crippen LogP contribution >= 0.6 is 0 Å². The van der Waals surface area contributed by atoms with Gasteiger partial charge in [0.15, 0.2) is 0 Å². The summed E-state index contributed by atoms with van der Waals surface area (Å²) in [6, 6.07) is 6.59. The summed E-state index contributed by atoms with van der Waals surface area (Å²) in [7, 11) is -3.49. The maximum absolute atomic E-state index is 12.1. The number of nitrogens with one attached hydrogen (secondary N) is 2. The molecular formula is C11H15FN2O2S. The molecule has 6 heteroatoms. The first kappa shape index (κ1) is 12.3. The second-order valence-electron chi connectivity index (χ2n) is 4.01. The van der Waals surface area contributed by atoms with Crippen LogP contribution in [0.2, 0.25) is 0 Å². The number of anilines is 1. The Bertz CT molecular complexity index is 486. The molecule has 0 radical (unpaired) electrons. The van der Waals surface area contributed by atoms with Gasteiger partial charge in [0.1, 0.15) is 11.6 Å². The molecule has 17 heavy (non-hydrogen) atoms. The highest BCUT2D eigenvalue weighted by Gasteiger charge is 2.29. The number of halogens is 1. The molecule has 0 atom stereocenters. The Hall–Kier alpha value is -1.14. The molecule has 0 spiro atoms. The summed E-state index contributed by atoms with van der Waals surface area (Å²) in [6.45, 7) is -0.430. The standard InChI is InChI=1S/C11H15FN2O2S/c12-7-8-13-10-3-1-2-4-11(10)17(15,16)14-9-5-6-9/h1-4,9,13-14H,5-8H2. The first-order valence-electron chi connectivity index (χ1n) is 5.54. The van der Waals surface area contributed by atoms with Gasteiger partial charge < -0.3 is 5.32 Å². The van der Waals surface area contributed by atoms with Crippen LogP contribution in [0.4, 0.5) is 10.1 Å². The lowest BCUT2D eigenvalue weighted by Gasteiger charge is -2.11. The van der Waals surface area contributed by atoms with Crippen LogP contribution in [-0.4, -0.2) is 27.7 Å². The lowest BCUT2D eigenvalue weighted by Crippen LogP contribution is -2.26. The Kier molecular flexibility index (Phi) is 3.63. The van der Waals surface area contributed by atoms with E-state index in [4.69, 9.17) is 0 Å². The fraction of sp³-hybridized carbons (Fsp3) is 0.455. The quantitative estimate of drug-likeness (QED) is 0.813. The zero-order valence-electron chi connectivity index (χ0n) is 9.32. The SMILES string of the molecule is O=S(=O)(NC1CC1)c1ccccc1NCCF. The van der Waals surface area contributed by atoms with Gasteiger partial charge in [0.05, 0.1) is 5.69 Å². The van der Waals surface area contributed by atoms with Gasteiger partial charge in [0.25, 0.3) is 0 Å². The molecule has 0 unspecified atom stereocenters. The van der Waals surface area contributed by atoms with Gasteiger partial charge in [-0.25, -0.2) is 17.5 Å². The number of hydrogen-bond donors (Lipinski definition) is 2. The van der Waals surface area contributed by atoms with Crippen molar-refractivity contribution in [1.82, 2.24) is 4.72 Å². The molecule has 0 amide bonds. The van der Waals surface area contributed by atoms with Gasteiger partial charge in [-0.15, -0.1) is 0 Å². The van der Waals surface area contributed by atoms with Crippen molar-refractivity contribution in [2.75, 3.05) is 18.5 Å². The molecule has 0 heterocycles. The first-order chi connectivity index (χ1) is 8.13. The van der Waals surface area contributed by atoms with E-state index in [9.17, 15) is 12.8 Å². The summed E-state index contributed by atoms with van der Waals surface area (Å²) in [5, 5.41) is 2.77. The molecule has 1 aliphatic carbocycles. The van der Waals surface area contributed by atoms with E-state index >= 15 is 0 Å². The van der Waals surface area contributed by atoms with Gasteiger partial charge in [-0.3, -0.25) is 0 Å². The molecular weight excluding hydrogens is 243 g/mol. The second kappa shape index (κ2) is 5.01. The van der Waals surface area contributed by atoms with Crippen molar-refractivity contribution in [1.29, 1.82) is 0 Å². The lowest BCUT2D eigenvalue weighted by atomic mass is 10.3. The van der Waals surface area contributed by atoms with E-state index in [2.05, 4.69) is 10.0 Å². The molecule has 0 saturated heterocycles. The monoisotopic (exact) mass is 258 g/mol. The van der Waals surface area contributed by atoms with E-state index in [-0.39, 0.29) is 17.5 Å². The average Bonchev–Trinajstić information content (AvgIpc) is 3.10. The number of sulfonamides is 1. The van der Waals surface area contributed by atoms with Crippen LogP contribution in [0, 0.1) is 0 Å². The fourth-order valence-electron chi connectivity index (χ4n) is 1.51.